The molecule has 0 heterocycles. The molecule has 0 aliphatic carbocycles. The van der Waals surface area contributed by atoms with E-state index >= 15 is 0 Å². The fourth-order valence-electron chi connectivity index (χ4n) is 2.49. The summed E-state index contributed by atoms with van der Waals surface area (Å²) in [5.41, 5.74) is 2.31. The van der Waals surface area contributed by atoms with E-state index in [-0.39, 0.29) is 18.2 Å². The van der Waals surface area contributed by atoms with Gasteiger partial charge in [-0.3, -0.25) is 4.79 Å². The zero-order chi connectivity index (χ0) is 16.8. The molecule has 0 unspecified atom stereocenters. The molecule has 2 rings (SSSR count). The van der Waals surface area contributed by atoms with Crippen LogP contribution in [0, 0.1) is 0 Å². The summed E-state index contributed by atoms with van der Waals surface area (Å²) in [6.45, 7) is 4.01. The van der Waals surface area contributed by atoms with E-state index in [1.54, 1.807) is 12.1 Å². The molecule has 4 nitrogen and oxygen atoms in total. The first kappa shape index (κ1) is 16.7. The quantitative estimate of drug-likeness (QED) is 0.860. The molecule has 0 radical (unpaired) electrons. The van der Waals surface area contributed by atoms with Gasteiger partial charge in [0.05, 0.1) is 0 Å². The first-order valence-electron chi connectivity index (χ1n) is 7.65. The number of benzene rings is 2. The van der Waals surface area contributed by atoms with E-state index in [4.69, 9.17) is 0 Å². The lowest BCUT2D eigenvalue weighted by Gasteiger charge is -2.17. The number of hydrogen-bond donors (Lipinski definition) is 2. The Kier molecular flexibility index (Phi) is 5.52. The number of aliphatic carboxylic acids is 1. The molecule has 23 heavy (non-hydrogen) atoms. The van der Waals surface area contributed by atoms with Gasteiger partial charge in [0, 0.05) is 12.0 Å². The van der Waals surface area contributed by atoms with Crippen LogP contribution in [-0.4, -0.2) is 23.0 Å². The van der Waals surface area contributed by atoms with Crippen LogP contribution in [-0.2, 0) is 11.2 Å². The number of hydrogen-bond acceptors (Lipinski definition) is 2. The van der Waals surface area contributed by atoms with Crippen LogP contribution in [0.5, 0.6) is 0 Å². The topological polar surface area (TPSA) is 66.4 Å². The molecular weight excluding hydrogens is 290 g/mol. The van der Waals surface area contributed by atoms with Gasteiger partial charge in [-0.2, -0.15) is 0 Å². The lowest BCUT2D eigenvalue weighted by atomic mass is 9.96. The zero-order valence-electron chi connectivity index (χ0n) is 13.3. The van der Waals surface area contributed by atoms with Crippen LogP contribution in [0.2, 0.25) is 0 Å². The fourth-order valence-corrected chi connectivity index (χ4v) is 2.49. The summed E-state index contributed by atoms with van der Waals surface area (Å²) in [5.74, 6) is -1.20. The maximum atomic E-state index is 12.5. The van der Waals surface area contributed by atoms with Crippen molar-refractivity contribution in [2.75, 3.05) is 0 Å². The summed E-state index contributed by atoms with van der Waals surface area (Å²) in [4.78, 5) is 24.0. The minimum atomic E-state index is -1.04. The predicted molar refractivity (Wildman–Crippen MR) is 89.6 cm³/mol. The highest BCUT2D eigenvalue weighted by Crippen LogP contribution is 2.19. The smallest absolute Gasteiger partial charge is 0.326 e. The van der Waals surface area contributed by atoms with Crippen molar-refractivity contribution >= 4 is 11.9 Å². The Morgan fingerprint density at radius 1 is 1.00 bits per heavy atom. The summed E-state index contributed by atoms with van der Waals surface area (Å²) in [5, 5.41) is 12.0. The van der Waals surface area contributed by atoms with Crippen molar-refractivity contribution in [1.29, 1.82) is 0 Å². The largest absolute Gasteiger partial charge is 0.480 e. The number of carbonyl (C=O) groups excluding carboxylic acids is 1. The van der Waals surface area contributed by atoms with E-state index in [0.717, 1.165) is 11.1 Å². The third kappa shape index (κ3) is 4.42. The Labute approximate surface area is 136 Å². The summed E-state index contributed by atoms with van der Waals surface area (Å²) < 4.78 is 0. The number of carboxylic acids is 1. The molecule has 0 aliphatic heterocycles. The normalized spacial score (nSPS) is 12.0. The first-order chi connectivity index (χ1) is 11.0. The van der Waals surface area contributed by atoms with Crippen LogP contribution in [0.1, 0.15) is 41.3 Å². The predicted octanol–water partition coefficient (Wildman–Crippen LogP) is 3.24. The molecule has 0 aliphatic rings. The van der Waals surface area contributed by atoms with Crippen molar-refractivity contribution in [2.24, 2.45) is 0 Å². The Hall–Kier alpha value is -2.62. The van der Waals surface area contributed by atoms with Crippen molar-refractivity contribution in [3.63, 3.8) is 0 Å². The lowest BCUT2D eigenvalue weighted by molar-refractivity contribution is -0.139. The van der Waals surface area contributed by atoms with Crippen molar-refractivity contribution in [1.82, 2.24) is 5.32 Å². The van der Waals surface area contributed by atoms with Crippen LogP contribution in [0.25, 0.3) is 0 Å². The first-order valence-corrected chi connectivity index (χ1v) is 7.65. The van der Waals surface area contributed by atoms with Gasteiger partial charge in [-0.25, -0.2) is 4.79 Å². The van der Waals surface area contributed by atoms with Crippen molar-refractivity contribution in [2.45, 2.75) is 32.2 Å². The van der Waals surface area contributed by atoms with Gasteiger partial charge in [-0.1, -0.05) is 62.4 Å². The molecule has 120 valence electrons. The molecule has 2 aromatic rings. The average Bonchev–Trinajstić information content (AvgIpc) is 2.55. The third-order valence-corrected chi connectivity index (χ3v) is 3.71. The zero-order valence-corrected chi connectivity index (χ0v) is 13.3. The Morgan fingerprint density at radius 2 is 1.61 bits per heavy atom. The van der Waals surface area contributed by atoms with Gasteiger partial charge in [-0.15, -0.1) is 0 Å². The minimum Gasteiger partial charge on any atom is -0.480 e. The van der Waals surface area contributed by atoms with E-state index in [2.05, 4.69) is 5.32 Å². The maximum Gasteiger partial charge on any atom is 0.326 e. The highest BCUT2D eigenvalue weighted by molar-refractivity contribution is 5.98. The van der Waals surface area contributed by atoms with E-state index in [0.29, 0.717) is 5.56 Å². The number of nitrogens with one attached hydrogen (secondary N) is 1. The molecule has 0 bridgehead atoms. The highest BCUT2D eigenvalue weighted by atomic mass is 16.4. The Bertz CT molecular complexity index is 680. The van der Waals surface area contributed by atoms with Crippen LogP contribution < -0.4 is 5.32 Å². The summed E-state index contributed by atoms with van der Waals surface area (Å²) in [7, 11) is 0. The van der Waals surface area contributed by atoms with Gasteiger partial charge in [0.25, 0.3) is 5.91 Å². The second kappa shape index (κ2) is 7.58. The molecule has 0 spiro atoms. The Balaban J connectivity index is 2.17. The SMILES string of the molecule is CC(C)c1ccccc1C(=O)N[C@H](Cc1ccccc1)C(=O)O. The van der Waals surface area contributed by atoms with Gasteiger partial charge in [0.15, 0.2) is 0 Å². The number of carboxylic acid groups (broad SMARTS) is 1. The molecule has 4 heteroatoms. The highest BCUT2D eigenvalue weighted by Gasteiger charge is 2.22. The van der Waals surface area contributed by atoms with Gasteiger partial charge in [0.2, 0.25) is 0 Å². The number of carbonyl (C=O) groups is 2. The fraction of sp³-hybridized carbons (Fsp3) is 0.263. The molecule has 2 N–H and O–H groups in total. The van der Waals surface area contributed by atoms with Gasteiger partial charge in [-0.05, 0) is 23.1 Å². The minimum absolute atomic E-state index is 0.189. The van der Waals surface area contributed by atoms with E-state index in [1.165, 1.54) is 0 Å². The van der Waals surface area contributed by atoms with E-state index in [9.17, 15) is 14.7 Å². The molecular formula is C19H21NO3. The van der Waals surface area contributed by atoms with Gasteiger partial charge >= 0.3 is 5.97 Å². The van der Waals surface area contributed by atoms with Gasteiger partial charge < -0.3 is 10.4 Å². The second-order valence-electron chi connectivity index (χ2n) is 5.80. The van der Waals surface area contributed by atoms with Gasteiger partial charge in [0.1, 0.15) is 6.04 Å². The van der Waals surface area contributed by atoms with Crippen LogP contribution in [0.4, 0.5) is 0 Å². The van der Waals surface area contributed by atoms with Crippen molar-refractivity contribution in [3.8, 4) is 0 Å². The molecule has 0 fully saturated rings. The molecule has 1 atom stereocenters. The lowest BCUT2D eigenvalue weighted by Crippen LogP contribution is -2.42. The number of amides is 1. The summed E-state index contributed by atoms with van der Waals surface area (Å²) in [6, 6.07) is 15.6. The molecule has 1 amide bonds. The number of rotatable bonds is 6. The Morgan fingerprint density at radius 3 is 2.22 bits per heavy atom. The second-order valence-corrected chi connectivity index (χ2v) is 5.80. The molecule has 0 saturated heterocycles. The van der Waals surface area contributed by atoms with Crippen molar-refractivity contribution < 1.29 is 14.7 Å². The van der Waals surface area contributed by atoms with Crippen molar-refractivity contribution in [3.05, 3.63) is 71.3 Å². The summed E-state index contributed by atoms with van der Waals surface area (Å²) >= 11 is 0. The van der Waals surface area contributed by atoms with Crippen LogP contribution >= 0.6 is 0 Å². The monoisotopic (exact) mass is 311 g/mol. The molecule has 2 aromatic carbocycles. The maximum absolute atomic E-state index is 12.5. The molecule has 0 aromatic heterocycles. The summed E-state index contributed by atoms with van der Waals surface area (Å²) in [6.07, 6.45) is 0.256. The third-order valence-electron chi connectivity index (χ3n) is 3.71. The molecule has 0 saturated carbocycles. The average molecular weight is 311 g/mol. The van der Waals surface area contributed by atoms with Crippen LogP contribution in [0.15, 0.2) is 54.6 Å². The van der Waals surface area contributed by atoms with E-state index in [1.807, 2.05) is 56.3 Å². The van der Waals surface area contributed by atoms with Crippen LogP contribution in [0.3, 0.4) is 0 Å². The standard InChI is InChI=1S/C19H21NO3/c1-13(2)15-10-6-7-11-16(15)18(21)20-17(19(22)23)12-14-8-4-3-5-9-14/h3-11,13,17H,12H2,1-2H3,(H,20,21)(H,22,23)/t17-/m1/s1. The van der Waals surface area contributed by atoms with E-state index < -0.39 is 12.0 Å².